The molecule has 0 fully saturated rings. The Balaban J connectivity index is 2.33. The zero-order valence-electron chi connectivity index (χ0n) is 9.67. The number of anilines is 2. The molecular weight excluding hydrogens is 285 g/mol. The average Bonchev–Trinajstić information content (AvgIpc) is 2.73. The number of imidazole rings is 1. The van der Waals surface area contributed by atoms with E-state index in [1.54, 1.807) is 12.3 Å². The molecule has 0 saturated heterocycles. The first kappa shape index (κ1) is 12.1. The van der Waals surface area contributed by atoms with Crippen molar-refractivity contribution in [2.45, 2.75) is 20.4 Å². The highest BCUT2D eigenvalue weighted by Gasteiger charge is 2.07. The van der Waals surface area contributed by atoms with Gasteiger partial charge >= 0.3 is 0 Å². The summed E-state index contributed by atoms with van der Waals surface area (Å²) >= 11 is 3.18. The smallest absolute Gasteiger partial charge is 0.207 e. The molecule has 0 bridgehead atoms. The Bertz CT molecular complexity index is 537. The minimum absolute atomic E-state index is 0.258. The molecule has 0 saturated carbocycles. The maximum Gasteiger partial charge on any atom is 0.207 e. The maximum atomic E-state index is 13.3. The van der Waals surface area contributed by atoms with Gasteiger partial charge < -0.3 is 9.88 Å². The topological polar surface area (TPSA) is 29.9 Å². The molecule has 0 atom stereocenters. The van der Waals surface area contributed by atoms with Gasteiger partial charge in [0.15, 0.2) is 0 Å². The van der Waals surface area contributed by atoms with E-state index in [-0.39, 0.29) is 5.82 Å². The summed E-state index contributed by atoms with van der Waals surface area (Å²) in [7, 11) is 0. The largest absolute Gasteiger partial charge is 0.325 e. The summed E-state index contributed by atoms with van der Waals surface area (Å²) in [4.78, 5) is 4.22. The lowest BCUT2D eigenvalue weighted by Crippen LogP contribution is -2.02. The summed E-state index contributed by atoms with van der Waals surface area (Å²) in [6.07, 6.45) is 3.63. The molecule has 2 rings (SSSR count). The van der Waals surface area contributed by atoms with E-state index in [4.69, 9.17) is 0 Å². The molecule has 90 valence electrons. The van der Waals surface area contributed by atoms with E-state index in [2.05, 4.69) is 26.2 Å². The average molecular weight is 298 g/mol. The highest BCUT2D eigenvalue weighted by atomic mass is 79.9. The van der Waals surface area contributed by atoms with Crippen molar-refractivity contribution in [3.63, 3.8) is 0 Å². The van der Waals surface area contributed by atoms with Gasteiger partial charge in [0.05, 0.1) is 4.47 Å². The minimum Gasteiger partial charge on any atom is -0.325 e. The van der Waals surface area contributed by atoms with Crippen LogP contribution in [0.15, 0.2) is 29.0 Å². The van der Waals surface area contributed by atoms with Gasteiger partial charge in [-0.2, -0.15) is 0 Å². The normalized spacial score (nSPS) is 10.6. The van der Waals surface area contributed by atoms with Crippen LogP contribution in [0, 0.1) is 12.7 Å². The van der Waals surface area contributed by atoms with Crippen LogP contribution in [-0.2, 0) is 6.54 Å². The van der Waals surface area contributed by atoms with E-state index >= 15 is 0 Å². The molecule has 3 nitrogen and oxygen atoms in total. The summed E-state index contributed by atoms with van der Waals surface area (Å²) < 4.78 is 15.7. The molecule has 0 amide bonds. The van der Waals surface area contributed by atoms with Crippen molar-refractivity contribution in [2.75, 3.05) is 5.32 Å². The summed E-state index contributed by atoms with van der Waals surface area (Å²) in [6, 6.07) is 3.21. The van der Waals surface area contributed by atoms with Gasteiger partial charge in [-0.1, -0.05) is 0 Å². The van der Waals surface area contributed by atoms with E-state index in [9.17, 15) is 4.39 Å². The van der Waals surface area contributed by atoms with Crippen LogP contribution in [-0.4, -0.2) is 9.55 Å². The molecule has 17 heavy (non-hydrogen) atoms. The van der Waals surface area contributed by atoms with Crippen molar-refractivity contribution in [1.29, 1.82) is 0 Å². The number of nitrogens with one attached hydrogen (secondary N) is 1. The minimum atomic E-state index is -0.258. The van der Waals surface area contributed by atoms with Crippen molar-refractivity contribution >= 4 is 27.6 Å². The van der Waals surface area contributed by atoms with Gasteiger partial charge in [-0.15, -0.1) is 0 Å². The molecule has 5 heteroatoms. The Hall–Kier alpha value is -1.36. The van der Waals surface area contributed by atoms with E-state index in [0.29, 0.717) is 4.47 Å². The first-order valence-corrected chi connectivity index (χ1v) is 6.15. The Kier molecular flexibility index (Phi) is 3.47. The summed E-state index contributed by atoms with van der Waals surface area (Å²) in [5.74, 6) is 0.501. The van der Waals surface area contributed by atoms with Crippen LogP contribution in [0.5, 0.6) is 0 Å². The monoisotopic (exact) mass is 297 g/mol. The third-order valence-corrected chi connectivity index (χ3v) is 3.18. The SMILES string of the molecule is CCn1ccnc1Nc1cc(Br)c(F)cc1C. The molecule has 1 N–H and O–H groups in total. The highest BCUT2D eigenvalue weighted by molar-refractivity contribution is 9.10. The Morgan fingerprint density at radius 1 is 1.47 bits per heavy atom. The van der Waals surface area contributed by atoms with Gasteiger partial charge in [-0.3, -0.25) is 0 Å². The molecule has 1 heterocycles. The zero-order chi connectivity index (χ0) is 12.4. The van der Waals surface area contributed by atoms with Crippen molar-refractivity contribution in [1.82, 2.24) is 9.55 Å². The summed E-state index contributed by atoms with van der Waals surface area (Å²) in [6.45, 7) is 4.74. The van der Waals surface area contributed by atoms with Crippen molar-refractivity contribution in [2.24, 2.45) is 0 Å². The number of hydrogen-bond donors (Lipinski definition) is 1. The number of benzene rings is 1. The number of aryl methyl sites for hydroxylation is 2. The second-order valence-corrected chi connectivity index (χ2v) is 4.60. The van der Waals surface area contributed by atoms with Gasteiger partial charge in [-0.25, -0.2) is 9.37 Å². The first-order chi connectivity index (χ1) is 8.11. The van der Waals surface area contributed by atoms with Crippen LogP contribution in [0.1, 0.15) is 12.5 Å². The Labute approximate surface area is 108 Å². The molecule has 0 aliphatic carbocycles. The summed E-state index contributed by atoms with van der Waals surface area (Å²) in [5.41, 5.74) is 1.69. The lowest BCUT2D eigenvalue weighted by atomic mass is 10.2. The molecule has 2 aromatic rings. The van der Waals surface area contributed by atoms with E-state index < -0.39 is 0 Å². The highest BCUT2D eigenvalue weighted by Crippen LogP contribution is 2.26. The van der Waals surface area contributed by atoms with Gasteiger partial charge in [-0.05, 0) is 47.5 Å². The molecule has 0 aliphatic heterocycles. The predicted molar refractivity (Wildman–Crippen MR) is 70.0 cm³/mol. The number of hydrogen-bond acceptors (Lipinski definition) is 2. The summed E-state index contributed by atoms with van der Waals surface area (Å²) in [5, 5.41) is 3.19. The lowest BCUT2D eigenvalue weighted by molar-refractivity contribution is 0.620. The fourth-order valence-corrected chi connectivity index (χ4v) is 1.93. The fourth-order valence-electron chi connectivity index (χ4n) is 1.59. The second-order valence-electron chi connectivity index (χ2n) is 3.74. The van der Waals surface area contributed by atoms with Crippen molar-refractivity contribution in [3.8, 4) is 0 Å². The van der Waals surface area contributed by atoms with Crippen LogP contribution < -0.4 is 5.32 Å². The third kappa shape index (κ3) is 2.49. The first-order valence-electron chi connectivity index (χ1n) is 5.35. The lowest BCUT2D eigenvalue weighted by Gasteiger charge is -2.11. The number of halogens is 2. The van der Waals surface area contributed by atoms with Crippen LogP contribution in [0.3, 0.4) is 0 Å². The van der Waals surface area contributed by atoms with Crippen LogP contribution in [0.4, 0.5) is 16.0 Å². The Morgan fingerprint density at radius 2 is 2.24 bits per heavy atom. The molecular formula is C12H13BrFN3. The van der Waals surface area contributed by atoms with Gasteiger partial charge in [0.2, 0.25) is 5.95 Å². The fraction of sp³-hybridized carbons (Fsp3) is 0.250. The zero-order valence-corrected chi connectivity index (χ0v) is 11.3. The standard InChI is InChI=1S/C12H13BrFN3/c1-3-17-5-4-15-12(17)16-11-7-9(13)10(14)6-8(11)2/h4-7H,3H2,1-2H3,(H,15,16). The molecule has 0 aliphatic rings. The van der Waals surface area contributed by atoms with Crippen molar-refractivity contribution in [3.05, 3.63) is 40.4 Å². The van der Waals surface area contributed by atoms with Crippen molar-refractivity contribution < 1.29 is 4.39 Å². The van der Waals surface area contributed by atoms with Crippen LogP contribution in [0.25, 0.3) is 0 Å². The molecule has 1 aromatic carbocycles. The van der Waals surface area contributed by atoms with Gasteiger partial charge in [0.25, 0.3) is 0 Å². The number of rotatable bonds is 3. The molecule has 0 radical (unpaired) electrons. The maximum absolute atomic E-state index is 13.3. The van der Waals surface area contributed by atoms with Gasteiger partial charge in [0, 0.05) is 24.6 Å². The molecule has 0 unspecified atom stereocenters. The van der Waals surface area contributed by atoms with Gasteiger partial charge in [0.1, 0.15) is 5.82 Å². The van der Waals surface area contributed by atoms with E-state index in [1.807, 2.05) is 24.6 Å². The van der Waals surface area contributed by atoms with E-state index in [1.165, 1.54) is 6.07 Å². The Morgan fingerprint density at radius 3 is 2.94 bits per heavy atom. The third-order valence-electron chi connectivity index (χ3n) is 2.57. The second kappa shape index (κ2) is 4.87. The molecule has 0 spiro atoms. The number of aromatic nitrogens is 2. The van der Waals surface area contributed by atoms with Crippen LogP contribution in [0.2, 0.25) is 0 Å². The molecule has 1 aromatic heterocycles. The van der Waals surface area contributed by atoms with E-state index in [0.717, 1.165) is 23.7 Å². The predicted octanol–water partition coefficient (Wildman–Crippen LogP) is 3.86. The quantitative estimate of drug-likeness (QED) is 0.932. The van der Waals surface area contributed by atoms with Crippen LogP contribution >= 0.6 is 15.9 Å². The number of nitrogens with zero attached hydrogens (tertiary/aromatic N) is 2.